The minimum Gasteiger partial charge on any atom is -0.452 e. The Kier molecular flexibility index (Phi) is 7.11. The highest BCUT2D eigenvalue weighted by Crippen LogP contribution is 2.16. The van der Waals surface area contributed by atoms with E-state index in [1.54, 1.807) is 24.3 Å². The first-order valence-corrected chi connectivity index (χ1v) is 8.72. The van der Waals surface area contributed by atoms with E-state index in [1.807, 2.05) is 38.1 Å². The molecule has 0 fully saturated rings. The van der Waals surface area contributed by atoms with Gasteiger partial charge in [-0.05, 0) is 42.7 Å². The number of carbonyl (C=O) groups is 3. The average molecular weight is 368 g/mol. The van der Waals surface area contributed by atoms with E-state index < -0.39 is 5.97 Å². The van der Waals surface area contributed by atoms with Crippen molar-refractivity contribution >= 4 is 17.8 Å². The molecule has 0 bridgehead atoms. The highest BCUT2D eigenvalue weighted by atomic mass is 16.5. The van der Waals surface area contributed by atoms with Gasteiger partial charge in [0.1, 0.15) is 0 Å². The third-order valence-electron chi connectivity index (χ3n) is 4.10. The number of carbonyl (C=O) groups excluding carboxylic acids is 3. The van der Waals surface area contributed by atoms with E-state index in [0.717, 1.165) is 16.7 Å². The van der Waals surface area contributed by atoms with Crippen molar-refractivity contribution in [2.45, 2.75) is 33.4 Å². The van der Waals surface area contributed by atoms with Gasteiger partial charge in [0.25, 0.3) is 5.91 Å². The van der Waals surface area contributed by atoms with Crippen LogP contribution in [0.25, 0.3) is 0 Å². The molecule has 6 nitrogen and oxygen atoms in total. The molecule has 1 atom stereocenters. The normalized spacial score (nSPS) is 11.4. The molecule has 142 valence electrons. The van der Waals surface area contributed by atoms with Crippen molar-refractivity contribution in [3.63, 3.8) is 0 Å². The monoisotopic (exact) mass is 368 g/mol. The molecule has 2 aromatic rings. The molecule has 0 radical (unpaired) electrons. The maximum atomic E-state index is 12.1. The summed E-state index contributed by atoms with van der Waals surface area (Å²) in [6.07, 6.45) is 0. The molecule has 1 unspecified atom stereocenters. The summed E-state index contributed by atoms with van der Waals surface area (Å²) in [7, 11) is 0. The Balaban J connectivity index is 1.83. The number of aryl methyl sites for hydroxylation is 1. The van der Waals surface area contributed by atoms with Crippen LogP contribution in [0, 0.1) is 6.92 Å². The average Bonchev–Trinajstić information content (AvgIpc) is 2.65. The Hall–Kier alpha value is -3.15. The Morgan fingerprint density at radius 1 is 1.04 bits per heavy atom. The van der Waals surface area contributed by atoms with Crippen molar-refractivity contribution in [1.29, 1.82) is 0 Å². The molecule has 0 spiro atoms. The molecular formula is C21H24N2O4. The minimum absolute atomic E-state index is 0.121. The molecular weight excluding hydrogens is 344 g/mol. The van der Waals surface area contributed by atoms with Gasteiger partial charge in [-0.15, -0.1) is 0 Å². The van der Waals surface area contributed by atoms with Crippen molar-refractivity contribution in [1.82, 2.24) is 10.6 Å². The topological polar surface area (TPSA) is 84.5 Å². The second kappa shape index (κ2) is 9.52. The van der Waals surface area contributed by atoms with Gasteiger partial charge in [0.15, 0.2) is 6.61 Å². The van der Waals surface area contributed by atoms with Gasteiger partial charge in [-0.1, -0.05) is 36.4 Å². The summed E-state index contributed by atoms with van der Waals surface area (Å²) >= 11 is 0. The Morgan fingerprint density at radius 2 is 1.70 bits per heavy atom. The van der Waals surface area contributed by atoms with Crippen LogP contribution in [-0.4, -0.2) is 24.4 Å². The maximum Gasteiger partial charge on any atom is 0.338 e. The summed E-state index contributed by atoms with van der Waals surface area (Å²) in [4.78, 5) is 35.0. The van der Waals surface area contributed by atoms with Crippen molar-refractivity contribution in [2.24, 2.45) is 0 Å². The predicted molar refractivity (Wildman–Crippen MR) is 102 cm³/mol. The summed E-state index contributed by atoms with van der Waals surface area (Å²) in [6.45, 7) is 5.35. The van der Waals surface area contributed by atoms with Crippen molar-refractivity contribution < 1.29 is 19.1 Å². The fourth-order valence-electron chi connectivity index (χ4n) is 2.63. The molecule has 6 heteroatoms. The quantitative estimate of drug-likeness (QED) is 0.736. The van der Waals surface area contributed by atoms with Gasteiger partial charge in [-0.2, -0.15) is 0 Å². The van der Waals surface area contributed by atoms with Crippen LogP contribution in [-0.2, 0) is 20.9 Å². The molecule has 0 saturated carbocycles. The summed E-state index contributed by atoms with van der Waals surface area (Å²) < 4.78 is 5.07. The van der Waals surface area contributed by atoms with E-state index in [0.29, 0.717) is 12.1 Å². The Morgan fingerprint density at radius 3 is 2.33 bits per heavy atom. The number of nitrogens with one attached hydrogen (secondary N) is 2. The summed E-state index contributed by atoms with van der Waals surface area (Å²) in [5, 5.41) is 5.50. The number of hydrogen-bond donors (Lipinski definition) is 2. The molecule has 0 heterocycles. The van der Waals surface area contributed by atoms with Crippen LogP contribution in [0.4, 0.5) is 0 Å². The molecule has 0 aliphatic rings. The van der Waals surface area contributed by atoms with E-state index in [1.165, 1.54) is 6.92 Å². The van der Waals surface area contributed by atoms with Gasteiger partial charge in [0.2, 0.25) is 5.91 Å². The number of benzene rings is 2. The van der Waals surface area contributed by atoms with Crippen LogP contribution < -0.4 is 10.6 Å². The highest BCUT2D eigenvalue weighted by Gasteiger charge is 2.14. The molecule has 2 amide bonds. The smallest absolute Gasteiger partial charge is 0.338 e. The molecule has 0 aromatic heterocycles. The first kappa shape index (κ1) is 20.2. The van der Waals surface area contributed by atoms with Crippen LogP contribution in [0.2, 0.25) is 0 Å². The SMILES string of the molecule is CC(=O)NCc1ccc(C(=O)OCC(=O)NC(C)c2ccccc2C)cc1. The van der Waals surface area contributed by atoms with Crippen LogP contribution in [0.3, 0.4) is 0 Å². The molecule has 0 aliphatic heterocycles. The van der Waals surface area contributed by atoms with Crippen LogP contribution in [0.15, 0.2) is 48.5 Å². The number of hydrogen-bond acceptors (Lipinski definition) is 4. The van der Waals surface area contributed by atoms with Crippen LogP contribution >= 0.6 is 0 Å². The largest absolute Gasteiger partial charge is 0.452 e. The number of rotatable bonds is 7. The van der Waals surface area contributed by atoms with Crippen LogP contribution in [0.1, 0.15) is 46.9 Å². The number of ether oxygens (including phenoxy) is 1. The zero-order valence-corrected chi connectivity index (χ0v) is 15.7. The lowest BCUT2D eigenvalue weighted by atomic mass is 10.0. The summed E-state index contributed by atoms with van der Waals surface area (Å²) in [6, 6.07) is 14.3. The molecule has 0 saturated heterocycles. The zero-order chi connectivity index (χ0) is 19.8. The number of esters is 1. The lowest BCUT2D eigenvalue weighted by Crippen LogP contribution is -2.31. The summed E-state index contributed by atoms with van der Waals surface area (Å²) in [5.41, 5.74) is 3.32. The standard InChI is InChI=1S/C21H24N2O4/c1-14-6-4-5-7-19(14)15(2)23-20(25)13-27-21(26)18-10-8-17(9-11-18)12-22-16(3)24/h4-11,15H,12-13H2,1-3H3,(H,22,24)(H,23,25). The fourth-order valence-corrected chi connectivity index (χ4v) is 2.63. The van der Waals surface area contributed by atoms with E-state index in [-0.39, 0.29) is 24.5 Å². The number of amides is 2. The highest BCUT2D eigenvalue weighted by molar-refractivity contribution is 5.91. The van der Waals surface area contributed by atoms with E-state index in [4.69, 9.17) is 4.74 Å². The van der Waals surface area contributed by atoms with E-state index >= 15 is 0 Å². The van der Waals surface area contributed by atoms with Gasteiger partial charge < -0.3 is 15.4 Å². The zero-order valence-electron chi connectivity index (χ0n) is 15.7. The van der Waals surface area contributed by atoms with Crippen LogP contribution in [0.5, 0.6) is 0 Å². The first-order valence-electron chi connectivity index (χ1n) is 8.72. The second-order valence-corrected chi connectivity index (χ2v) is 6.33. The lowest BCUT2D eigenvalue weighted by Gasteiger charge is -2.16. The molecule has 2 aromatic carbocycles. The lowest BCUT2D eigenvalue weighted by molar-refractivity contribution is -0.125. The molecule has 2 N–H and O–H groups in total. The van der Waals surface area contributed by atoms with Crippen molar-refractivity contribution in [3.8, 4) is 0 Å². The van der Waals surface area contributed by atoms with Gasteiger partial charge in [-0.25, -0.2) is 4.79 Å². The first-order chi connectivity index (χ1) is 12.9. The summed E-state index contributed by atoms with van der Waals surface area (Å²) in [5.74, 6) is -1.05. The van der Waals surface area contributed by atoms with Crippen molar-refractivity contribution in [3.05, 3.63) is 70.8 Å². The molecule has 0 aliphatic carbocycles. The van der Waals surface area contributed by atoms with E-state index in [2.05, 4.69) is 10.6 Å². The fraction of sp³-hybridized carbons (Fsp3) is 0.286. The predicted octanol–water partition coefficient (Wildman–Crippen LogP) is 2.67. The third kappa shape index (κ3) is 6.26. The Bertz CT molecular complexity index is 815. The molecule has 27 heavy (non-hydrogen) atoms. The Labute approximate surface area is 158 Å². The molecule has 2 rings (SSSR count). The van der Waals surface area contributed by atoms with Gasteiger partial charge in [0.05, 0.1) is 11.6 Å². The second-order valence-electron chi connectivity index (χ2n) is 6.33. The van der Waals surface area contributed by atoms with Gasteiger partial charge in [-0.3, -0.25) is 9.59 Å². The van der Waals surface area contributed by atoms with Gasteiger partial charge in [0, 0.05) is 13.5 Å². The van der Waals surface area contributed by atoms with Crippen molar-refractivity contribution in [2.75, 3.05) is 6.61 Å². The van der Waals surface area contributed by atoms with Gasteiger partial charge >= 0.3 is 5.97 Å². The maximum absolute atomic E-state index is 12.1. The minimum atomic E-state index is -0.570. The van der Waals surface area contributed by atoms with E-state index in [9.17, 15) is 14.4 Å². The third-order valence-corrected chi connectivity index (χ3v) is 4.10.